The molecule has 1 unspecified atom stereocenters. The number of aliphatic hydroxyl groups is 1. The summed E-state index contributed by atoms with van der Waals surface area (Å²) < 4.78 is 13.4. The van der Waals surface area contributed by atoms with Gasteiger partial charge in [-0.1, -0.05) is 64.0 Å². The summed E-state index contributed by atoms with van der Waals surface area (Å²) in [6, 6.07) is 5.50. The van der Waals surface area contributed by atoms with Crippen molar-refractivity contribution in [1.82, 2.24) is 0 Å². The zero-order chi connectivity index (χ0) is 22.4. The Bertz CT molecular complexity index is 788. The van der Waals surface area contributed by atoms with Crippen molar-refractivity contribution in [2.45, 2.75) is 84.2 Å². The molecule has 1 aliphatic heterocycles. The molecular weight excluding hydrogens is 393 g/mol. The van der Waals surface area contributed by atoms with Gasteiger partial charge in [0.2, 0.25) is 11.8 Å². The fraction of sp³-hybridized carbons (Fsp3) is 0.615. The van der Waals surface area contributed by atoms with Gasteiger partial charge in [0.1, 0.15) is 5.82 Å². The number of halogens is 1. The zero-order valence-corrected chi connectivity index (χ0v) is 18.9. The predicted octanol–water partition coefficient (Wildman–Crippen LogP) is 5.79. The molecule has 4 atom stereocenters. The molecule has 2 aliphatic rings. The summed E-state index contributed by atoms with van der Waals surface area (Å²) in [5.74, 6) is -2.18. The van der Waals surface area contributed by atoms with Crippen LogP contribution >= 0.6 is 0 Å². The number of imide groups is 1. The number of carbonyl (C=O) groups is 2. The zero-order valence-electron chi connectivity index (χ0n) is 18.9. The molecule has 1 heterocycles. The maximum Gasteiger partial charge on any atom is 0.238 e. The summed E-state index contributed by atoms with van der Waals surface area (Å²) in [5.41, 5.74) is 1.61. The molecule has 5 heteroatoms. The van der Waals surface area contributed by atoms with E-state index in [9.17, 15) is 19.1 Å². The Morgan fingerprint density at radius 3 is 2.35 bits per heavy atom. The summed E-state index contributed by atoms with van der Waals surface area (Å²) in [6.07, 6.45) is 11.2. The highest BCUT2D eigenvalue weighted by molar-refractivity contribution is 6.22. The summed E-state index contributed by atoms with van der Waals surface area (Å²) in [5, 5.41) is 11.0. The molecule has 0 bridgehead atoms. The van der Waals surface area contributed by atoms with Crippen LogP contribution in [-0.4, -0.2) is 23.0 Å². The number of benzene rings is 1. The molecule has 4 nitrogen and oxygen atoms in total. The van der Waals surface area contributed by atoms with Gasteiger partial charge in [-0.3, -0.25) is 14.5 Å². The second-order valence-corrected chi connectivity index (χ2v) is 9.10. The SMILES string of the molecule is CCCCCCC1=C[C@H](C(O)CCCCC)[C@@H]2C(=O)N(c3ccc(F)cc3)C(=O)[C@@H]2C1. The lowest BCUT2D eigenvalue weighted by Crippen LogP contribution is -2.37. The molecule has 0 aromatic heterocycles. The minimum Gasteiger partial charge on any atom is -0.392 e. The fourth-order valence-electron chi connectivity index (χ4n) is 5.08. The number of hydrogen-bond acceptors (Lipinski definition) is 3. The first-order valence-electron chi connectivity index (χ1n) is 12.0. The molecule has 0 spiro atoms. The van der Waals surface area contributed by atoms with E-state index in [-0.39, 0.29) is 17.7 Å². The Hall–Kier alpha value is -2.01. The van der Waals surface area contributed by atoms with Crippen LogP contribution in [0.3, 0.4) is 0 Å². The molecule has 3 rings (SSSR count). The maximum atomic E-state index is 13.4. The Morgan fingerprint density at radius 1 is 1.00 bits per heavy atom. The third kappa shape index (κ3) is 5.43. The lowest BCUT2D eigenvalue weighted by atomic mass is 9.70. The number of nitrogens with zero attached hydrogens (tertiary/aromatic N) is 1. The molecule has 0 radical (unpaired) electrons. The van der Waals surface area contributed by atoms with Gasteiger partial charge in [-0.2, -0.15) is 0 Å². The molecule has 1 aliphatic carbocycles. The quantitative estimate of drug-likeness (QED) is 0.275. The number of amides is 2. The highest BCUT2D eigenvalue weighted by Gasteiger charge is 2.53. The lowest BCUT2D eigenvalue weighted by Gasteiger charge is -2.33. The van der Waals surface area contributed by atoms with E-state index in [0.29, 0.717) is 18.5 Å². The highest BCUT2D eigenvalue weighted by Crippen LogP contribution is 2.45. The van der Waals surface area contributed by atoms with Crippen LogP contribution in [0, 0.1) is 23.6 Å². The van der Waals surface area contributed by atoms with Crippen molar-refractivity contribution in [3.8, 4) is 0 Å². The molecule has 1 N–H and O–H groups in total. The van der Waals surface area contributed by atoms with Gasteiger partial charge in [0.15, 0.2) is 0 Å². The van der Waals surface area contributed by atoms with Crippen molar-refractivity contribution in [3.63, 3.8) is 0 Å². The number of rotatable bonds is 11. The number of fused-ring (bicyclic) bond motifs is 1. The average Bonchev–Trinajstić information content (AvgIpc) is 3.01. The van der Waals surface area contributed by atoms with Crippen LogP contribution in [0.2, 0.25) is 0 Å². The summed E-state index contributed by atoms with van der Waals surface area (Å²) in [6.45, 7) is 4.30. The van der Waals surface area contributed by atoms with E-state index in [2.05, 4.69) is 19.9 Å². The molecule has 0 saturated carbocycles. The number of aliphatic hydroxyl groups excluding tert-OH is 1. The van der Waals surface area contributed by atoms with Crippen molar-refractivity contribution >= 4 is 17.5 Å². The van der Waals surface area contributed by atoms with E-state index in [1.54, 1.807) is 0 Å². The van der Waals surface area contributed by atoms with E-state index in [1.165, 1.54) is 47.6 Å². The number of allylic oxidation sites excluding steroid dienone is 1. The average molecular weight is 430 g/mol. The number of hydrogen-bond donors (Lipinski definition) is 1. The first-order chi connectivity index (χ1) is 15.0. The van der Waals surface area contributed by atoms with Crippen molar-refractivity contribution in [2.75, 3.05) is 4.90 Å². The molecule has 2 amide bonds. The first kappa shape index (κ1) is 23.6. The van der Waals surface area contributed by atoms with Crippen LogP contribution in [0.15, 0.2) is 35.9 Å². The van der Waals surface area contributed by atoms with E-state index in [4.69, 9.17) is 0 Å². The van der Waals surface area contributed by atoms with Gasteiger partial charge in [0, 0.05) is 5.92 Å². The molecule has 1 aromatic carbocycles. The first-order valence-corrected chi connectivity index (χ1v) is 12.0. The predicted molar refractivity (Wildman–Crippen MR) is 121 cm³/mol. The van der Waals surface area contributed by atoms with Gasteiger partial charge in [0.05, 0.1) is 23.6 Å². The van der Waals surface area contributed by atoms with Crippen molar-refractivity contribution in [1.29, 1.82) is 0 Å². The molecule has 170 valence electrons. The van der Waals surface area contributed by atoms with E-state index in [0.717, 1.165) is 38.5 Å². The van der Waals surface area contributed by atoms with E-state index in [1.807, 2.05) is 0 Å². The highest BCUT2D eigenvalue weighted by atomic mass is 19.1. The Morgan fingerprint density at radius 2 is 1.68 bits per heavy atom. The molecular formula is C26H36FNO3. The fourth-order valence-corrected chi connectivity index (χ4v) is 5.08. The van der Waals surface area contributed by atoms with Gasteiger partial charge in [0.25, 0.3) is 0 Å². The minimum absolute atomic E-state index is 0.216. The summed E-state index contributed by atoms with van der Waals surface area (Å²) in [7, 11) is 0. The van der Waals surface area contributed by atoms with Gasteiger partial charge < -0.3 is 5.11 Å². The molecule has 1 saturated heterocycles. The van der Waals surface area contributed by atoms with Crippen LogP contribution < -0.4 is 4.90 Å². The van der Waals surface area contributed by atoms with Crippen LogP contribution in [0.5, 0.6) is 0 Å². The summed E-state index contributed by atoms with van der Waals surface area (Å²) >= 11 is 0. The molecule has 31 heavy (non-hydrogen) atoms. The number of carbonyl (C=O) groups excluding carboxylic acids is 2. The lowest BCUT2D eigenvalue weighted by molar-refractivity contribution is -0.123. The van der Waals surface area contributed by atoms with Gasteiger partial charge >= 0.3 is 0 Å². The Kier molecular flexibility index (Phi) is 8.42. The molecule has 1 fully saturated rings. The van der Waals surface area contributed by atoms with Gasteiger partial charge in [-0.05, 0) is 49.9 Å². The second kappa shape index (κ2) is 11.0. The Balaban J connectivity index is 1.83. The number of unbranched alkanes of at least 4 members (excludes halogenated alkanes) is 5. The normalized spacial score (nSPS) is 24.3. The topological polar surface area (TPSA) is 57.6 Å². The maximum absolute atomic E-state index is 13.4. The van der Waals surface area contributed by atoms with Crippen LogP contribution in [-0.2, 0) is 9.59 Å². The summed E-state index contributed by atoms with van der Waals surface area (Å²) in [4.78, 5) is 27.9. The van der Waals surface area contributed by atoms with Gasteiger partial charge in [-0.15, -0.1) is 0 Å². The van der Waals surface area contributed by atoms with Gasteiger partial charge in [-0.25, -0.2) is 4.39 Å². The van der Waals surface area contributed by atoms with Crippen molar-refractivity contribution in [3.05, 3.63) is 41.7 Å². The van der Waals surface area contributed by atoms with Crippen molar-refractivity contribution < 1.29 is 19.1 Å². The minimum atomic E-state index is -0.630. The monoisotopic (exact) mass is 429 g/mol. The van der Waals surface area contributed by atoms with E-state index >= 15 is 0 Å². The number of anilines is 1. The largest absolute Gasteiger partial charge is 0.392 e. The third-order valence-electron chi connectivity index (χ3n) is 6.79. The third-order valence-corrected chi connectivity index (χ3v) is 6.79. The molecule has 1 aromatic rings. The smallest absolute Gasteiger partial charge is 0.238 e. The van der Waals surface area contributed by atoms with Crippen molar-refractivity contribution in [2.24, 2.45) is 17.8 Å². The van der Waals surface area contributed by atoms with Crippen LogP contribution in [0.4, 0.5) is 10.1 Å². The van der Waals surface area contributed by atoms with Crippen LogP contribution in [0.1, 0.15) is 78.1 Å². The van der Waals surface area contributed by atoms with Crippen LogP contribution in [0.25, 0.3) is 0 Å². The standard InChI is InChI=1S/C26H36FNO3/c1-3-5-7-9-10-18-16-21(23(29)11-8-6-4-2)24-22(17-18)25(30)28(26(24)31)20-14-12-19(27)13-15-20/h12-16,21-24,29H,3-11,17H2,1-2H3/t21-,22-,23?,24+/m1/s1. The van der Waals surface area contributed by atoms with E-state index < -0.39 is 23.8 Å². The second-order valence-electron chi connectivity index (χ2n) is 9.10. The Labute approximate surface area is 185 Å².